The maximum absolute atomic E-state index is 11.8. The number of phenols is 1. The number of likely N-dealkylation sites (tertiary alicyclic amines) is 1. The molecule has 0 radical (unpaired) electrons. The number of rotatable bonds is 5. The number of benzene rings is 1. The first-order valence-corrected chi connectivity index (χ1v) is 8.06. The van der Waals surface area contributed by atoms with Crippen LogP contribution in [0.5, 0.6) is 5.75 Å². The molecular formula is C15H17N3O3S. The first-order chi connectivity index (χ1) is 10.6. The van der Waals surface area contributed by atoms with Crippen molar-refractivity contribution in [2.24, 2.45) is 0 Å². The molecule has 0 bridgehead atoms. The van der Waals surface area contributed by atoms with E-state index in [0.29, 0.717) is 25.9 Å². The summed E-state index contributed by atoms with van der Waals surface area (Å²) in [6.07, 6.45) is 2.02. The summed E-state index contributed by atoms with van der Waals surface area (Å²) in [5, 5.41) is 13.2. The second kappa shape index (κ2) is 6.31. The SMILES string of the molecule is O=C(CN1CCCC1=O)NCCc1nc2ccc(O)cc2s1. The van der Waals surface area contributed by atoms with E-state index < -0.39 is 0 Å². The molecule has 116 valence electrons. The molecule has 1 fully saturated rings. The fourth-order valence-corrected chi connectivity index (χ4v) is 3.48. The van der Waals surface area contributed by atoms with Gasteiger partial charge in [0.25, 0.3) is 0 Å². The van der Waals surface area contributed by atoms with Crippen LogP contribution in [0.25, 0.3) is 10.2 Å². The van der Waals surface area contributed by atoms with Crippen LogP contribution < -0.4 is 5.32 Å². The molecule has 3 rings (SSSR count). The van der Waals surface area contributed by atoms with Gasteiger partial charge in [-0.25, -0.2) is 4.98 Å². The minimum absolute atomic E-state index is 0.0566. The van der Waals surface area contributed by atoms with Crippen LogP contribution in [0.4, 0.5) is 0 Å². The van der Waals surface area contributed by atoms with Gasteiger partial charge in [0.15, 0.2) is 0 Å². The molecule has 2 amide bonds. The predicted octanol–water partition coefficient (Wildman–Crippen LogP) is 1.28. The van der Waals surface area contributed by atoms with Crippen molar-refractivity contribution in [3.63, 3.8) is 0 Å². The van der Waals surface area contributed by atoms with Crippen molar-refractivity contribution >= 4 is 33.4 Å². The zero-order chi connectivity index (χ0) is 15.5. The van der Waals surface area contributed by atoms with Crippen LogP contribution in [0, 0.1) is 0 Å². The third kappa shape index (κ3) is 3.36. The number of thiazole rings is 1. The molecule has 1 saturated heterocycles. The van der Waals surface area contributed by atoms with Gasteiger partial charge in [-0.15, -0.1) is 11.3 Å². The zero-order valence-electron chi connectivity index (χ0n) is 12.0. The van der Waals surface area contributed by atoms with E-state index in [2.05, 4.69) is 10.3 Å². The number of carbonyl (C=O) groups is 2. The van der Waals surface area contributed by atoms with E-state index in [0.717, 1.165) is 21.6 Å². The second-order valence-electron chi connectivity index (χ2n) is 5.28. The summed E-state index contributed by atoms with van der Waals surface area (Å²) in [6.45, 7) is 1.31. The number of nitrogens with zero attached hydrogens (tertiary/aromatic N) is 2. The van der Waals surface area contributed by atoms with Gasteiger partial charge in [0.2, 0.25) is 11.8 Å². The van der Waals surface area contributed by atoms with Gasteiger partial charge in [-0.2, -0.15) is 0 Å². The maximum atomic E-state index is 11.8. The summed E-state index contributed by atoms with van der Waals surface area (Å²) >= 11 is 1.51. The summed E-state index contributed by atoms with van der Waals surface area (Å²) in [5.74, 6) is 0.154. The summed E-state index contributed by atoms with van der Waals surface area (Å²) < 4.78 is 0.934. The Kier molecular flexibility index (Phi) is 4.24. The zero-order valence-corrected chi connectivity index (χ0v) is 12.9. The molecule has 2 aromatic rings. The van der Waals surface area contributed by atoms with Crippen LogP contribution in [-0.2, 0) is 16.0 Å². The molecule has 6 nitrogen and oxygen atoms in total. The Morgan fingerprint density at radius 1 is 1.45 bits per heavy atom. The summed E-state index contributed by atoms with van der Waals surface area (Å²) in [7, 11) is 0. The van der Waals surface area contributed by atoms with Crippen LogP contribution in [0.3, 0.4) is 0 Å². The lowest BCUT2D eigenvalue weighted by atomic mass is 10.3. The topological polar surface area (TPSA) is 82.5 Å². The first kappa shape index (κ1) is 14.8. The highest BCUT2D eigenvalue weighted by atomic mass is 32.1. The normalized spacial score (nSPS) is 14.7. The van der Waals surface area contributed by atoms with E-state index in [9.17, 15) is 14.7 Å². The standard InChI is InChI=1S/C15H17N3O3S/c19-10-3-4-11-12(8-10)22-14(17-11)5-6-16-13(20)9-18-7-1-2-15(18)21/h3-4,8,19H,1-2,5-7,9H2,(H,16,20). The number of nitrogens with one attached hydrogen (secondary N) is 1. The lowest BCUT2D eigenvalue weighted by molar-refractivity contribution is -0.133. The summed E-state index contributed by atoms with van der Waals surface area (Å²) in [4.78, 5) is 29.3. The Hall–Kier alpha value is -2.15. The molecule has 22 heavy (non-hydrogen) atoms. The lowest BCUT2D eigenvalue weighted by Gasteiger charge is -2.14. The average molecular weight is 319 g/mol. The molecule has 1 aliphatic heterocycles. The van der Waals surface area contributed by atoms with Crippen LogP contribution in [0.2, 0.25) is 0 Å². The minimum Gasteiger partial charge on any atom is -0.508 e. The number of hydrogen-bond donors (Lipinski definition) is 2. The third-order valence-electron chi connectivity index (χ3n) is 3.58. The molecule has 1 aromatic heterocycles. The number of carbonyl (C=O) groups excluding carboxylic acids is 2. The van der Waals surface area contributed by atoms with Crippen molar-refractivity contribution in [2.45, 2.75) is 19.3 Å². The molecule has 1 aromatic carbocycles. The Bertz CT molecular complexity index is 713. The van der Waals surface area contributed by atoms with Crippen molar-refractivity contribution in [2.75, 3.05) is 19.6 Å². The highest BCUT2D eigenvalue weighted by molar-refractivity contribution is 7.18. The van der Waals surface area contributed by atoms with Crippen molar-refractivity contribution in [1.82, 2.24) is 15.2 Å². The van der Waals surface area contributed by atoms with Gasteiger partial charge in [0.1, 0.15) is 5.75 Å². The van der Waals surface area contributed by atoms with E-state index in [1.807, 2.05) is 0 Å². The van der Waals surface area contributed by atoms with Crippen molar-refractivity contribution in [3.05, 3.63) is 23.2 Å². The lowest BCUT2D eigenvalue weighted by Crippen LogP contribution is -2.38. The minimum atomic E-state index is -0.131. The van der Waals surface area contributed by atoms with Gasteiger partial charge in [-0.1, -0.05) is 0 Å². The van der Waals surface area contributed by atoms with E-state index in [4.69, 9.17) is 0 Å². The van der Waals surface area contributed by atoms with Gasteiger partial charge in [0, 0.05) is 25.9 Å². The van der Waals surface area contributed by atoms with Crippen LogP contribution in [0.1, 0.15) is 17.8 Å². The largest absolute Gasteiger partial charge is 0.508 e. The smallest absolute Gasteiger partial charge is 0.239 e. The van der Waals surface area contributed by atoms with Gasteiger partial charge in [-0.05, 0) is 24.6 Å². The quantitative estimate of drug-likeness (QED) is 0.870. The molecule has 2 N–H and O–H groups in total. The number of amides is 2. The molecule has 0 aliphatic carbocycles. The van der Waals surface area contributed by atoms with E-state index in [1.54, 1.807) is 23.1 Å². The highest BCUT2D eigenvalue weighted by Crippen LogP contribution is 2.25. The third-order valence-corrected chi connectivity index (χ3v) is 4.66. The fraction of sp³-hybridized carbons (Fsp3) is 0.400. The maximum Gasteiger partial charge on any atom is 0.239 e. The highest BCUT2D eigenvalue weighted by Gasteiger charge is 2.22. The Labute approximate surface area is 131 Å². The summed E-state index contributed by atoms with van der Waals surface area (Å²) in [5.41, 5.74) is 0.854. The van der Waals surface area contributed by atoms with Crippen LogP contribution in [0.15, 0.2) is 18.2 Å². The van der Waals surface area contributed by atoms with Gasteiger partial charge in [-0.3, -0.25) is 9.59 Å². The van der Waals surface area contributed by atoms with Gasteiger partial charge in [0.05, 0.1) is 21.8 Å². The van der Waals surface area contributed by atoms with E-state index in [1.165, 1.54) is 11.3 Å². The molecular weight excluding hydrogens is 302 g/mol. The van der Waals surface area contributed by atoms with Crippen molar-refractivity contribution < 1.29 is 14.7 Å². The van der Waals surface area contributed by atoms with Crippen LogP contribution in [-0.4, -0.2) is 46.4 Å². The number of hydrogen-bond acceptors (Lipinski definition) is 5. The molecule has 0 atom stereocenters. The molecule has 0 saturated carbocycles. The molecule has 7 heteroatoms. The molecule has 2 heterocycles. The Morgan fingerprint density at radius 2 is 2.32 bits per heavy atom. The molecule has 0 spiro atoms. The van der Waals surface area contributed by atoms with Crippen LogP contribution >= 0.6 is 11.3 Å². The first-order valence-electron chi connectivity index (χ1n) is 7.25. The number of aromatic nitrogens is 1. The Balaban J connectivity index is 1.49. The number of aromatic hydroxyl groups is 1. The van der Waals surface area contributed by atoms with Crippen molar-refractivity contribution in [3.8, 4) is 5.75 Å². The number of phenolic OH excluding ortho intramolecular Hbond substituents is 1. The number of fused-ring (bicyclic) bond motifs is 1. The average Bonchev–Trinajstić information content (AvgIpc) is 3.05. The monoisotopic (exact) mass is 319 g/mol. The molecule has 1 aliphatic rings. The predicted molar refractivity (Wildman–Crippen MR) is 83.8 cm³/mol. The van der Waals surface area contributed by atoms with Gasteiger partial charge >= 0.3 is 0 Å². The van der Waals surface area contributed by atoms with E-state index in [-0.39, 0.29) is 24.1 Å². The van der Waals surface area contributed by atoms with Gasteiger partial charge < -0.3 is 15.3 Å². The second-order valence-corrected chi connectivity index (χ2v) is 6.39. The van der Waals surface area contributed by atoms with Crippen molar-refractivity contribution in [1.29, 1.82) is 0 Å². The Morgan fingerprint density at radius 3 is 3.09 bits per heavy atom. The molecule has 0 unspecified atom stereocenters. The van der Waals surface area contributed by atoms with E-state index >= 15 is 0 Å². The summed E-state index contributed by atoms with van der Waals surface area (Å²) in [6, 6.07) is 5.08. The fourth-order valence-electron chi connectivity index (χ4n) is 2.48.